The number of hydrogen-bond donors (Lipinski definition) is 2. The maximum absolute atomic E-state index is 14.3. The zero-order valence-electron chi connectivity index (χ0n) is 12.7. The molecule has 0 aromatic heterocycles. The van der Waals surface area contributed by atoms with Gasteiger partial charge in [-0.15, -0.1) is 0 Å². The van der Waals surface area contributed by atoms with Gasteiger partial charge in [0.15, 0.2) is 0 Å². The number of nitrogens with one attached hydrogen (secondary N) is 1. The van der Waals surface area contributed by atoms with Gasteiger partial charge in [0.05, 0.1) is 17.9 Å². The summed E-state index contributed by atoms with van der Waals surface area (Å²) in [5.74, 6) is -0.195. The minimum atomic E-state index is -0.195. The number of halogens is 1. The van der Waals surface area contributed by atoms with Crippen LogP contribution in [-0.4, -0.2) is 37.4 Å². The molecule has 1 aliphatic carbocycles. The smallest absolute Gasteiger partial charge is 0.148 e. The average Bonchev–Trinajstić information content (AvgIpc) is 2.38. The molecule has 1 saturated carbocycles. The second-order valence-electron chi connectivity index (χ2n) is 6.40. The van der Waals surface area contributed by atoms with E-state index in [1.165, 1.54) is 0 Å². The molecule has 2 atom stereocenters. The molecule has 0 spiro atoms. The van der Waals surface area contributed by atoms with E-state index in [1.54, 1.807) is 6.07 Å². The van der Waals surface area contributed by atoms with Crippen LogP contribution in [0.3, 0.4) is 0 Å². The summed E-state index contributed by atoms with van der Waals surface area (Å²) in [6.45, 7) is 5.70. The van der Waals surface area contributed by atoms with Gasteiger partial charge in [0.2, 0.25) is 0 Å². The number of anilines is 2. The highest BCUT2D eigenvalue weighted by Crippen LogP contribution is 2.28. The summed E-state index contributed by atoms with van der Waals surface area (Å²) in [5, 5.41) is 3.23. The highest BCUT2D eigenvalue weighted by atomic mass is 19.1. The molecule has 0 bridgehead atoms. The maximum atomic E-state index is 14.3. The molecule has 1 heterocycles. The van der Waals surface area contributed by atoms with E-state index >= 15 is 0 Å². The summed E-state index contributed by atoms with van der Waals surface area (Å²) < 4.78 is 20.0. The lowest BCUT2D eigenvalue weighted by Gasteiger charge is -2.37. The van der Waals surface area contributed by atoms with Crippen molar-refractivity contribution in [2.24, 2.45) is 5.73 Å². The van der Waals surface area contributed by atoms with Crippen LogP contribution in [0.1, 0.15) is 26.7 Å². The van der Waals surface area contributed by atoms with Crippen LogP contribution in [-0.2, 0) is 4.74 Å². The molecule has 1 aromatic rings. The summed E-state index contributed by atoms with van der Waals surface area (Å²) in [4.78, 5) is 2.19. The van der Waals surface area contributed by atoms with Crippen molar-refractivity contribution in [2.45, 2.75) is 51.0 Å². The van der Waals surface area contributed by atoms with E-state index in [2.05, 4.69) is 24.1 Å². The summed E-state index contributed by atoms with van der Waals surface area (Å²) in [6.07, 6.45) is 2.18. The van der Waals surface area contributed by atoms with Crippen LogP contribution in [0.15, 0.2) is 18.2 Å². The fraction of sp³-hybridized carbons (Fsp3) is 0.625. The summed E-state index contributed by atoms with van der Waals surface area (Å²) >= 11 is 0. The van der Waals surface area contributed by atoms with E-state index in [0.717, 1.165) is 31.6 Å². The molecule has 0 radical (unpaired) electrons. The normalized spacial score (nSPS) is 32.7. The predicted molar refractivity (Wildman–Crippen MR) is 83.2 cm³/mol. The first-order chi connectivity index (χ1) is 10.0. The van der Waals surface area contributed by atoms with Crippen LogP contribution in [0.4, 0.5) is 15.8 Å². The topological polar surface area (TPSA) is 50.5 Å². The summed E-state index contributed by atoms with van der Waals surface area (Å²) in [6, 6.07) is 6.00. The molecule has 2 aliphatic rings. The van der Waals surface area contributed by atoms with Gasteiger partial charge in [-0.25, -0.2) is 4.39 Å². The summed E-state index contributed by atoms with van der Waals surface area (Å²) in [5.41, 5.74) is 7.25. The Hall–Kier alpha value is -1.33. The van der Waals surface area contributed by atoms with Crippen molar-refractivity contribution in [1.82, 2.24) is 0 Å². The van der Waals surface area contributed by atoms with Crippen molar-refractivity contribution in [3.8, 4) is 0 Å². The lowest BCUT2D eigenvalue weighted by atomic mass is 9.87. The van der Waals surface area contributed by atoms with Crippen molar-refractivity contribution in [3.63, 3.8) is 0 Å². The van der Waals surface area contributed by atoms with Crippen molar-refractivity contribution in [2.75, 3.05) is 23.3 Å². The van der Waals surface area contributed by atoms with E-state index in [4.69, 9.17) is 10.5 Å². The fourth-order valence-corrected chi connectivity index (χ4v) is 3.21. The third-order valence-electron chi connectivity index (χ3n) is 4.27. The third-order valence-corrected chi connectivity index (χ3v) is 4.27. The molecule has 1 aliphatic heterocycles. The van der Waals surface area contributed by atoms with Crippen LogP contribution >= 0.6 is 0 Å². The maximum Gasteiger partial charge on any atom is 0.148 e. The molecule has 0 amide bonds. The fourth-order valence-electron chi connectivity index (χ4n) is 3.21. The summed E-state index contributed by atoms with van der Waals surface area (Å²) in [7, 11) is 0. The lowest BCUT2D eigenvalue weighted by molar-refractivity contribution is -0.00523. The van der Waals surface area contributed by atoms with Crippen LogP contribution in [0.25, 0.3) is 0 Å². The number of morpholine rings is 1. The van der Waals surface area contributed by atoms with E-state index < -0.39 is 0 Å². The molecule has 116 valence electrons. The molecule has 3 rings (SSSR count). The van der Waals surface area contributed by atoms with Crippen molar-refractivity contribution in [1.29, 1.82) is 0 Å². The molecule has 4 nitrogen and oxygen atoms in total. The van der Waals surface area contributed by atoms with E-state index in [-0.39, 0.29) is 24.1 Å². The third kappa shape index (κ3) is 3.30. The SMILES string of the molecule is CC1CN(c2ccc(NC3CC(N)C3)c(F)c2)CC(C)O1. The Balaban J connectivity index is 1.68. The first-order valence-corrected chi connectivity index (χ1v) is 7.73. The lowest BCUT2D eigenvalue weighted by Crippen LogP contribution is -2.45. The van der Waals surface area contributed by atoms with Crippen molar-refractivity contribution in [3.05, 3.63) is 24.0 Å². The standard InChI is InChI=1S/C16H24FN3O/c1-10-8-20(9-11(2)21-10)14-3-4-16(15(17)7-14)19-13-5-12(18)6-13/h3-4,7,10-13,19H,5-6,8-9,18H2,1-2H3. The highest BCUT2D eigenvalue weighted by Gasteiger charge is 2.27. The Kier molecular flexibility index (Phi) is 4.04. The van der Waals surface area contributed by atoms with Gasteiger partial charge in [0.25, 0.3) is 0 Å². The molecular weight excluding hydrogens is 269 g/mol. The van der Waals surface area contributed by atoms with Crippen LogP contribution in [0.5, 0.6) is 0 Å². The largest absolute Gasteiger partial charge is 0.380 e. The molecule has 1 aromatic carbocycles. The van der Waals surface area contributed by atoms with Gasteiger partial charge in [-0.3, -0.25) is 0 Å². The monoisotopic (exact) mass is 293 g/mol. The van der Waals surface area contributed by atoms with Gasteiger partial charge in [-0.1, -0.05) is 0 Å². The number of nitrogens with two attached hydrogens (primary N) is 1. The molecule has 2 fully saturated rings. The van der Waals surface area contributed by atoms with Gasteiger partial charge in [-0.2, -0.15) is 0 Å². The van der Waals surface area contributed by atoms with Crippen molar-refractivity contribution < 1.29 is 9.13 Å². The second kappa shape index (κ2) is 5.81. The van der Waals surface area contributed by atoms with E-state index in [9.17, 15) is 4.39 Å². The Labute approximate surface area is 125 Å². The van der Waals surface area contributed by atoms with Gasteiger partial charge >= 0.3 is 0 Å². The highest BCUT2D eigenvalue weighted by molar-refractivity contribution is 5.57. The van der Waals surface area contributed by atoms with Gasteiger partial charge in [0, 0.05) is 30.9 Å². The zero-order chi connectivity index (χ0) is 15.0. The average molecular weight is 293 g/mol. The number of nitrogens with zero attached hydrogens (tertiary/aromatic N) is 1. The van der Waals surface area contributed by atoms with E-state index in [1.807, 2.05) is 12.1 Å². The molecule has 21 heavy (non-hydrogen) atoms. The number of hydrogen-bond acceptors (Lipinski definition) is 4. The Bertz CT molecular complexity index is 494. The Morgan fingerprint density at radius 3 is 2.48 bits per heavy atom. The first-order valence-electron chi connectivity index (χ1n) is 7.73. The number of ether oxygens (including phenoxy) is 1. The Morgan fingerprint density at radius 2 is 1.90 bits per heavy atom. The predicted octanol–water partition coefficient (Wildman–Crippen LogP) is 2.34. The molecule has 3 N–H and O–H groups in total. The molecule has 2 unspecified atom stereocenters. The quantitative estimate of drug-likeness (QED) is 0.898. The molecule has 5 heteroatoms. The van der Waals surface area contributed by atoms with Crippen LogP contribution < -0.4 is 16.0 Å². The second-order valence-corrected chi connectivity index (χ2v) is 6.40. The molecular formula is C16H24FN3O. The van der Waals surface area contributed by atoms with Gasteiger partial charge in [-0.05, 0) is 44.9 Å². The number of benzene rings is 1. The van der Waals surface area contributed by atoms with E-state index in [0.29, 0.717) is 11.7 Å². The van der Waals surface area contributed by atoms with Crippen LogP contribution in [0.2, 0.25) is 0 Å². The number of rotatable bonds is 3. The van der Waals surface area contributed by atoms with Gasteiger partial charge in [0.1, 0.15) is 5.82 Å². The Morgan fingerprint density at radius 1 is 1.24 bits per heavy atom. The minimum Gasteiger partial charge on any atom is -0.380 e. The first kappa shape index (κ1) is 14.6. The molecule has 1 saturated heterocycles. The minimum absolute atomic E-state index is 0.172. The van der Waals surface area contributed by atoms with Gasteiger partial charge < -0.3 is 20.7 Å². The zero-order valence-corrected chi connectivity index (χ0v) is 12.7. The van der Waals surface area contributed by atoms with Crippen LogP contribution in [0, 0.1) is 5.82 Å². The van der Waals surface area contributed by atoms with Crippen molar-refractivity contribution >= 4 is 11.4 Å².